The molecule has 0 amide bonds. The summed E-state index contributed by atoms with van der Waals surface area (Å²) >= 11 is 7.04. The number of para-hydroxylation sites is 2. The normalized spacial score (nSPS) is 10.9. The van der Waals surface area contributed by atoms with Gasteiger partial charge in [0.25, 0.3) is 5.22 Å². The van der Waals surface area contributed by atoms with Crippen LogP contribution in [0, 0.1) is 0 Å². The molecule has 0 atom stereocenters. The summed E-state index contributed by atoms with van der Waals surface area (Å²) in [5, 5.41) is 1.54. The maximum atomic E-state index is 5.75. The van der Waals surface area contributed by atoms with Crippen LogP contribution in [0.25, 0.3) is 11.1 Å². The van der Waals surface area contributed by atoms with Crippen LogP contribution in [-0.4, -0.2) is 15.0 Å². The van der Waals surface area contributed by atoms with Gasteiger partial charge in [0.2, 0.25) is 0 Å². The zero-order valence-electron chi connectivity index (χ0n) is 8.50. The summed E-state index contributed by atoms with van der Waals surface area (Å²) < 4.78 is 5.55. The Labute approximate surface area is 106 Å². The van der Waals surface area contributed by atoms with Crippen LogP contribution in [0.3, 0.4) is 0 Å². The van der Waals surface area contributed by atoms with Gasteiger partial charge in [-0.1, -0.05) is 23.7 Å². The molecule has 4 nitrogen and oxygen atoms in total. The summed E-state index contributed by atoms with van der Waals surface area (Å²) in [5.41, 5.74) is 1.58. The fourth-order valence-corrected chi connectivity index (χ4v) is 2.27. The molecular weight excluding hydrogens is 258 g/mol. The molecule has 3 aromatic rings. The van der Waals surface area contributed by atoms with Crippen molar-refractivity contribution in [3.05, 3.63) is 41.8 Å². The molecule has 0 N–H and O–H groups in total. The van der Waals surface area contributed by atoms with E-state index in [-0.39, 0.29) is 0 Å². The first kappa shape index (κ1) is 10.6. The van der Waals surface area contributed by atoms with E-state index in [4.69, 9.17) is 16.0 Å². The summed E-state index contributed by atoms with van der Waals surface area (Å²) in [4.78, 5) is 12.4. The summed E-state index contributed by atoms with van der Waals surface area (Å²) in [6.07, 6.45) is 3.10. The summed E-state index contributed by atoms with van der Waals surface area (Å²) in [6, 6.07) is 7.59. The van der Waals surface area contributed by atoms with E-state index in [9.17, 15) is 0 Å². The lowest BCUT2D eigenvalue weighted by atomic mass is 10.3. The molecule has 0 bridgehead atoms. The van der Waals surface area contributed by atoms with E-state index in [2.05, 4.69) is 15.0 Å². The maximum absolute atomic E-state index is 5.75. The lowest BCUT2D eigenvalue weighted by Crippen LogP contribution is -1.82. The summed E-state index contributed by atoms with van der Waals surface area (Å²) in [5.74, 6) is 0. The third kappa shape index (κ3) is 2.25. The van der Waals surface area contributed by atoms with Crippen molar-refractivity contribution in [3.63, 3.8) is 0 Å². The maximum Gasteiger partial charge on any atom is 0.263 e. The van der Waals surface area contributed by atoms with Gasteiger partial charge < -0.3 is 4.42 Å². The molecule has 0 radical (unpaired) electrons. The second kappa shape index (κ2) is 4.35. The van der Waals surface area contributed by atoms with Crippen molar-refractivity contribution >= 4 is 34.5 Å². The van der Waals surface area contributed by atoms with Crippen LogP contribution >= 0.6 is 23.4 Å². The predicted octanol–water partition coefficient (Wildman–Crippen LogP) is 3.42. The second-order valence-electron chi connectivity index (χ2n) is 3.23. The molecule has 0 saturated carbocycles. The van der Waals surface area contributed by atoms with Gasteiger partial charge in [0.1, 0.15) is 15.7 Å². The average Bonchev–Trinajstić information content (AvgIpc) is 2.71. The van der Waals surface area contributed by atoms with Crippen molar-refractivity contribution in [2.45, 2.75) is 10.2 Å². The Bertz CT molecular complexity index is 637. The highest BCUT2D eigenvalue weighted by Crippen LogP contribution is 2.28. The molecule has 6 heteroatoms. The molecule has 0 aliphatic rings. The smallest absolute Gasteiger partial charge is 0.263 e. The SMILES string of the molecule is Clc1cncc(Sc2nc3ccccc3o2)n1. The molecule has 0 spiro atoms. The minimum Gasteiger partial charge on any atom is -0.431 e. The lowest BCUT2D eigenvalue weighted by molar-refractivity contribution is 0.489. The van der Waals surface area contributed by atoms with E-state index < -0.39 is 0 Å². The van der Waals surface area contributed by atoms with E-state index in [1.54, 1.807) is 6.20 Å². The topological polar surface area (TPSA) is 51.8 Å². The molecule has 0 fully saturated rings. The lowest BCUT2D eigenvalue weighted by Gasteiger charge is -1.94. The Morgan fingerprint density at radius 1 is 1.12 bits per heavy atom. The van der Waals surface area contributed by atoms with E-state index in [0.29, 0.717) is 15.4 Å². The van der Waals surface area contributed by atoms with Gasteiger partial charge in [-0.05, 0) is 23.9 Å². The van der Waals surface area contributed by atoms with E-state index in [1.807, 2.05) is 24.3 Å². The number of nitrogens with zero attached hydrogens (tertiary/aromatic N) is 3. The molecule has 2 heterocycles. The van der Waals surface area contributed by atoms with Crippen molar-refractivity contribution in [1.82, 2.24) is 15.0 Å². The van der Waals surface area contributed by atoms with Crippen LogP contribution in [0.1, 0.15) is 0 Å². The first-order valence-corrected chi connectivity index (χ1v) is 6.02. The molecule has 1 aromatic carbocycles. The van der Waals surface area contributed by atoms with Crippen molar-refractivity contribution in [1.29, 1.82) is 0 Å². The Morgan fingerprint density at radius 2 is 2.00 bits per heavy atom. The number of rotatable bonds is 2. The summed E-state index contributed by atoms with van der Waals surface area (Å²) in [6.45, 7) is 0. The first-order chi connectivity index (χ1) is 8.31. The minimum atomic E-state index is 0.353. The second-order valence-corrected chi connectivity index (χ2v) is 4.59. The third-order valence-electron chi connectivity index (χ3n) is 2.05. The minimum absolute atomic E-state index is 0.353. The van der Waals surface area contributed by atoms with E-state index >= 15 is 0 Å². The zero-order valence-corrected chi connectivity index (χ0v) is 10.1. The van der Waals surface area contributed by atoms with Crippen molar-refractivity contribution in [2.75, 3.05) is 0 Å². The number of hydrogen-bond acceptors (Lipinski definition) is 5. The standard InChI is InChI=1S/C11H6ClN3OS/c12-9-5-13-6-10(15-9)17-11-14-7-3-1-2-4-8(7)16-11/h1-6H. The van der Waals surface area contributed by atoms with Crippen molar-refractivity contribution < 1.29 is 4.42 Å². The molecular formula is C11H6ClN3OS. The molecule has 3 rings (SSSR count). The Balaban J connectivity index is 1.94. The Kier molecular flexibility index (Phi) is 2.70. The van der Waals surface area contributed by atoms with Gasteiger partial charge in [0.15, 0.2) is 5.58 Å². The summed E-state index contributed by atoms with van der Waals surface area (Å²) in [7, 11) is 0. The van der Waals surface area contributed by atoms with Crippen LogP contribution in [0.2, 0.25) is 5.15 Å². The molecule has 0 saturated heterocycles. The van der Waals surface area contributed by atoms with Crippen LogP contribution in [-0.2, 0) is 0 Å². The molecule has 17 heavy (non-hydrogen) atoms. The largest absolute Gasteiger partial charge is 0.431 e. The molecule has 2 aromatic heterocycles. The highest BCUT2D eigenvalue weighted by atomic mass is 35.5. The highest BCUT2D eigenvalue weighted by Gasteiger charge is 2.08. The molecule has 0 aliphatic heterocycles. The Hall–Kier alpha value is -1.59. The molecule has 0 unspecified atom stereocenters. The fourth-order valence-electron chi connectivity index (χ4n) is 1.36. The fraction of sp³-hybridized carbons (Fsp3) is 0. The van der Waals surface area contributed by atoms with Crippen LogP contribution in [0.5, 0.6) is 0 Å². The average molecular weight is 264 g/mol. The number of fused-ring (bicyclic) bond motifs is 1. The number of hydrogen-bond donors (Lipinski definition) is 0. The van der Waals surface area contributed by atoms with Crippen LogP contribution in [0.4, 0.5) is 0 Å². The number of oxazole rings is 1. The number of halogens is 1. The van der Waals surface area contributed by atoms with Gasteiger partial charge in [-0.3, -0.25) is 4.98 Å². The third-order valence-corrected chi connectivity index (χ3v) is 2.99. The number of benzene rings is 1. The zero-order chi connectivity index (χ0) is 11.7. The highest BCUT2D eigenvalue weighted by molar-refractivity contribution is 7.99. The predicted molar refractivity (Wildman–Crippen MR) is 65.2 cm³/mol. The van der Waals surface area contributed by atoms with Gasteiger partial charge in [-0.15, -0.1) is 0 Å². The Morgan fingerprint density at radius 3 is 2.82 bits per heavy atom. The quantitative estimate of drug-likeness (QED) is 0.709. The van der Waals surface area contributed by atoms with Crippen LogP contribution < -0.4 is 0 Å². The van der Waals surface area contributed by atoms with Gasteiger partial charge in [-0.2, -0.15) is 0 Å². The van der Waals surface area contributed by atoms with Gasteiger partial charge in [0, 0.05) is 0 Å². The number of aromatic nitrogens is 3. The molecule has 0 aliphatic carbocycles. The van der Waals surface area contributed by atoms with Gasteiger partial charge in [0.05, 0.1) is 12.4 Å². The van der Waals surface area contributed by atoms with E-state index in [1.165, 1.54) is 18.0 Å². The van der Waals surface area contributed by atoms with Gasteiger partial charge in [-0.25, -0.2) is 9.97 Å². The van der Waals surface area contributed by atoms with Crippen molar-refractivity contribution in [2.24, 2.45) is 0 Å². The van der Waals surface area contributed by atoms with Crippen LogP contribution in [0.15, 0.2) is 51.3 Å². The van der Waals surface area contributed by atoms with E-state index in [0.717, 1.165) is 11.1 Å². The van der Waals surface area contributed by atoms with Gasteiger partial charge >= 0.3 is 0 Å². The monoisotopic (exact) mass is 263 g/mol. The van der Waals surface area contributed by atoms with Crippen molar-refractivity contribution in [3.8, 4) is 0 Å². The molecule has 84 valence electrons. The first-order valence-electron chi connectivity index (χ1n) is 4.82.